The second-order valence-corrected chi connectivity index (χ2v) is 9.09. The first kappa shape index (κ1) is 21.4. The maximum Gasteiger partial charge on any atom is 0.239 e. The van der Waals surface area contributed by atoms with Crippen molar-refractivity contribution in [2.45, 2.75) is 26.1 Å². The number of methoxy groups -OCH3 is 1. The predicted molar refractivity (Wildman–Crippen MR) is 126 cm³/mol. The maximum absolute atomic E-state index is 13.3. The molecule has 160 valence electrons. The second kappa shape index (κ2) is 9.53. The number of benzene rings is 2. The Kier molecular flexibility index (Phi) is 6.58. The normalized spacial score (nSPS) is 11.1. The minimum Gasteiger partial charge on any atom is -0.497 e. The van der Waals surface area contributed by atoms with Gasteiger partial charge in [0.1, 0.15) is 11.5 Å². The van der Waals surface area contributed by atoms with Gasteiger partial charge in [-0.2, -0.15) is 0 Å². The number of fused-ring (bicyclic) bond motifs is 1. The molecule has 4 rings (SSSR count). The van der Waals surface area contributed by atoms with Gasteiger partial charge in [-0.15, -0.1) is 11.8 Å². The number of amides is 1. The molecule has 2 heterocycles. The molecule has 0 atom stereocenters. The van der Waals surface area contributed by atoms with Gasteiger partial charge >= 0.3 is 0 Å². The highest BCUT2D eigenvalue weighted by Crippen LogP contribution is 2.33. The Labute approximate surface area is 189 Å². The van der Waals surface area contributed by atoms with Crippen LogP contribution in [0.1, 0.15) is 22.6 Å². The third-order valence-corrected chi connectivity index (χ3v) is 6.94. The zero-order valence-electron chi connectivity index (χ0n) is 17.6. The van der Waals surface area contributed by atoms with E-state index in [-0.39, 0.29) is 5.91 Å². The van der Waals surface area contributed by atoms with E-state index in [4.69, 9.17) is 14.2 Å². The van der Waals surface area contributed by atoms with Crippen LogP contribution in [0.2, 0.25) is 0 Å². The molecule has 0 bridgehead atoms. The number of rotatable bonds is 8. The summed E-state index contributed by atoms with van der Waals surface area (Å²) < 4.78 is 11.5. The van der Waals surface area contributed by atoms with Crippen LogP contribution in [0.3, 0.4) is 0 Å². The average Bonchev–Trinajstić information content (AvgIpc) is 3.35. The summed E-state index contributed by atoms with van der Waals surface area (Å²) in [7, 11) is 1.64. The summed E-state index contributed by atoms with van der Waals surface area (Å²) in [6.07, 6.45) is 0. The lowest BCUT2D eigenvalue weighted by Gasteiger charge is -2.20. The molecule has 0 unspecified atom stereocenters. The van der Waals surface area contributed by atoms with Crippen molar-refractivity contribution in [3.05, 3.63) is 71.1 Å². The van der Waals surface area contributed by atoms with E-state index in [1.807, 2.05) is 62.4 Å². The Bertz CT molecular complexity index is 1170. The largest absolute Gasteiger partial charge is 0.497 e. The number of nitrogens with zero attached hydrogens (tertiary/aromatic N) is 3. The number of hydrogen-bond acceptors (Lipinski definition) is 7. The molecule has 0 fully saturated rings. The molecule has 0 N–H and O–H groups in total. The fraction of sp³-hybridized carbons (Fsp3) is 0.261. The first-order chi connectivity index (χ1) is 15.0. The van der Waals surface area contributed by atoms with E-state index in [2.05, 4.69) is 5.16 Å². The van der Waals surface area contributed by atoms with Crippen molar-refractivity contribution >= 4 is 44.4 Å². The van der Waals surface area contributed by atoms with Crippen molar-refractivity contribution in [2.75, 3.05) is 17.8 Å². The highest BCUT2D eigenvalue weighted by molar-refractivity contribution is 7.99. The van der Waals surface area contributed by atoms with Gasteiger partial charge in [0.25, 0.3) is 0 Å². The molecule has 6 nitrogen and oxygen atoms in total. The lowest BCUT2D eigenvalue weighted by atomic mass is 10.2. The van der Waals surface area contributed by atoms with E-state index in [0.29, 0.717) is 23.2 Å². The average molecular weight is 454 g/mol. The monoisotopic (exact) mass is 453 g/mol. The molecule has 0 spiro atoms. The van der Waals surface area contributed by atoms with Crippen molar-refractivity contribution in [3.63, 3.8) is 0 Å². The number of ether oxygens (including phenoxy) is 1. The van der Waals surface area contributed by atoms with E-state index in [0.717, 1.165) is 38.5 Å². The summed E-state index contributed by atoms with van der Waals surface area (Å²) in [5.74, 6) is 2.63. The Morgan fingerprint density at radius 2 is 2.00 bits per heavy atom. The van der Waals surface area contributed by atoms with Gasteiger partial charge < -0.3 is 9.26 Å². The number of thiazole rings is 1. The van der Waals surface area contributed by atoms with Gasteiger partial charge in [0.2, 0.25) is 5.91 Å². The molecular formula is C23H23N3O3S2. The molecule has 4 aromatic rings. The molecule has 0 radical (unpaired) electrons. The standard InChI is InChI=1S/C23H23N3O3S2/c1-15-19(16(2)29-25-15)13-30-14-22(27)26(12-17-7-5-4-6-8-17)23-24-20-10-9-18(28-3)11-21(20)31-23/h4-11H,12-14H2,1-3H3. The van der Waals surface area contributed by atoms with Gasteiger partial charge in [-0.25, -0.2) is 4.98 Å². The summed E-state index contributed by atoms with van der Waals surface area (Å²) in [4.78, 5) is 19.8. The molecule has 0 aliphatic rings. The van der Waals surface area contributed by atoms with Gasteiger partial charge in [-0.3, -0.25) is 9.69 Å². The Morgan fingerprint density at radius 3 is 2.71 bits per heavy atom. The highest BCUT2D eigenvalue weighted by atomic mass is 32.2. The summed E-state index contributed by atoms with van der Waals surface area (Å²) in [5, 5.41) is 4.68. The highest BCUT2D eigenvalue weighted by Gasteiger charge is 2.21. The molecular weight excluding hydrogens is 430 g/mol. The van der Waals surface area contributed by atoms with E-state index in [1.165, 1.54) is 11.3 Å². The molecule has 0 aliphatic heterocycles. The Morgan fingerprint density at radius 1 is 1.19 bits per heavy atom. The predicted octanol–water partition coefficient (Wildman–Crippen LogP) is 5.38. The van der Waals surface area contributed by atoms with E-state index >= 15 is 0 Å². The van der Waals surface area contributed by atoms with Crippen LogP contribution in [-0.4, -0.2) is 28.9 Å². The SMILES string of the molecule is COc1ccc2nc(N(Cc3ccccc3)C(=O)CSCc3c(C)noc3C)sc2c1. The van der Waals surface area contributed by atoms with Crippen LogP contribution in [0.15, 0.2) is 53.1 Å². The first-order valence-corrected chi connectivity index (χ1v) is 11.8. The zero-order valence-corrected chi connectivity index (χ0v) is 19.3. The lowest BCUT2D eigenvalue weighted by Crippen LogP contribution is -2.31. The number of anilines is 1. The number of thioether (sulfide) groups is 1. The molecule has 2 aromatic carbocycles. The Hall–Kier alpha value is -2.84. The maximum atomic E-state index is 13.3. The smallest absolute Gasteiger partial charge is 0.239 e. The number of carbonyl (C=O) groups is 1. The van der Waals surface area contributed by atoms with Crippen molar-refractivity contribution in [1.82, 2.24) is 10.1 Å². The van der Waals surface area contributed by atoms with Crippen LogP contribution >= 0.6 is 23.1 Å². The van der Waals surface area contributed by atoms with Crippen LogP contribution in [0.5, 0.6) is 5.75 Å². The molecule has 8 heteroatoms. The zero-order chi connectivity index (χ0) is 21.8. The van der Waals surface area contributed by atoms with Crippen molar-refractivity contribution in [1.29, 1.82) is 0 Å². The van der Waals surface area contributed by atoms with Gasteiger partial charge in [0, 0.05) is 11.3 Å². The summed E-state index contributed by atoms with van der Waals surface area (Å²) in [6, 6.07) is 15.7. The van der Waals surface area contributed by atoms with Crippen molar-refractivity contribution < 1.29 is 14.1 Å². The topological polar surface area (TPSA) is 68.5 Å². The third-order valence-electron chi connectivity index (χ3n) is 4.95. The van der Waals surface area contributed by atoms with E-state index in [9.17, 15) is 4.79 Å². The van der Waals surface area contributed by atoms with E-state index in [1.54, 1.807) is 23.8 Å². The molecule has 0 aliphatic carbocycles. The number of aromatic nitrogens is 2. The van der Waals surface area contributed by atoms with E-state index < -0.39 is 0 Å². The van der Waals surface area contributed by atoms with Gasteiger partial charge in [-0.1, -0.05) is 46.8 Å². The molecule has 2 aromatic heterocycles. The third kappa shape index (κ3) is 4.91. The second-order valence-electron chi connectivity index (χ2n) is 7.09. The van der Waals surface area contributed by atoms with Crippen molar-refractivity contribution in [3.8, 4) is 5.75 Å². The summed E-state index contributed by atoms with van der Waals surface area (Å²) in [5.41, 5.74) is 3.84. The molecule has 1 amide bonds. The molecule has 0 saturated carbocycles. The summed E-state index contributed by atoms with van der Waals surface area (Å²) in [6.45, 7) is 4.29. The van der Waals surface area contributed by atoms with Crippen LogP contribution in [-0.2, 0) is 17.1 Å². The van der Waals surface area contributed by atoms with Gasteiger partial charge in [0.05, 0.1) is 35.3 Å². The van der Waals surface area contributed by atoms with Gasteiger partial charge in [-0.05, 0) is 37.6 Å². The lowest BCUT2D eigenvalue weighted by molar-refractivity contribution is -0.116. The first-order valence-electron chi connectivity index (χ1n) is 9.83. The number of hydrogen-bond donors (Lipinski definition) is 0. The van der Waals surface area contributed by atoms with Crippen molar-refractivity contribution in [2.24, 2.45) is 0 Å². The minimum atomic E-state index is 0.0200. The number of aryl methyl sites for hydroxylation is 2. The van der Waals surface area contributed by atoms with Gasteiger partial charge in [0.15, 0.2) is 5.13 Å². The quantitative estimate of drug-likeness (QED) is 0.357. The van der Waals surface area contributed by atoms with Crippen LogP contribution in [0, 0.1) is 13.8 Å². The van der Waals surface area contributed by atoms with Crippen LogP contribution < -0.4 is 9.64 Å². The fourth-order valence-electron chi connectivity index (χ4n) is 3.19. The number of carbonyl (C=O) groups excluding carboxylic acids is 1. The van der Waals surface area contributed by atoms with Crippen LogP contribution in [0.25, 0.3) is 10.2 Å². The molecule has 31 heavy (non-hydrogen) atoms. The Balaban J connectivity index is 1.55. The van der Waals surface area contributed by atoms with Crippen LogP contribution in [0.4, 0.5) is 5.13 Å². The summed E-state index contributed by atoms with van der Waals surface area (Å²) >= 11 is 3.06. The fourth-order valence-corrected chi connectivity index (χ4v) is 5.25. The minimum absolute atomic E-state index is 0.0200. The molecule has 0 saturated heterocycles.